The number of quaternary nitrogens is 1. The highest BCUT2D eigenvalue weighted by molar-refractivity contribution is 5.93. The first-order valence-electron chi connectivity index (χ1n) is 6.73. The number of rotatable bonds is 5. The first kappa shape index (κ1) is 16.1. The molecule has 1 heterocycles. The molecule has 0 spiro atoms. The normalized spacial score (nSPS) is 13.7. The molecule has 1 amide bonds. The number of amides is 1. The number of hydrogen-bond acceptors (Lipinski definition) is 2. The molecule has 0 aliphatic carbocycles. The topological polar surface area (TPSA) is 58.9 Å². The lowest BCUT2D eigenvalue weighted by molar-refractivity contribution is -0.711. The van der Waals surface area contributed by atoms with Crippen LogP contribution in [0.1, 0.15) is 25.6 Å². The molecule has 0 aliphatic rings. The summed E-state index contributed by atoms with van der Waals surface area (Å²) in [6.45, 7) is 3.47. The number of carbonyl (C=O) groups excluding carboxylic acids is 1. The molecule has 2 rings (SSSR count). The average molecular weight is 313 g/mol. The van der Waals surface area contributed by atoms with Gasteiger partial charge >= 0.3 is 0 Å². The molecule has 0 saturated heterocycles. The summed E-state index contributed by atoms with van der Waals surface area (Å²) in [5, 5.41) is 3.96. The number of hydrogen-bond donors (Lipinski definition) is 2. The maximum Gasteiger partial charge on any atom is 0.282 e. The van der Waals surface area contributed by atoms with Crippen LogP contribution in [0.25, 0.3) is 0 Å². The summed E-state index contributed by atoms with van der Waals surface area (Å²) in [4.78, 5) is 12.0. The van der Waals surface area contributed by atoms with Gasteiger partial charge in [-0.05, 0) is 38.1 Å². The van der Waals surface area contributed by atoms with Crippen molar-refractivity contribution < 1.29 is 27.7 Å². The van der Waals surface area contributed by atoms with Gasteiger partial charge in [0, 0.05) is 0 Å². The number of furan rings is 1. The molecule has 0 bridgehead atoms. The lowest BCUT2D eigenvalue weighted by Gasteiger charge is -2.15. The van der Waals surface area contributed by atoms with E-state index in [4.69, 9.17) is 4.42 Å². The van der Waals surface area contributed by atoms with Crippen molar-refractivity contribution >= 4 is 11.6 Å². The van der Waals surface area contributed by atoms with Crippen LogP contribution >= 0.6 is 0 Å². The summed E-state index contributed by atoms with van der Waals surface area (Å²) < 4.78 is 44.7. The van der Waals surface area contributed by atoms with E-state index in [-0.39, 0.29) is 6.04 Å². The van der Waals surface area contributed by atoms with E-state index in [0.717, 1.165) is 12.1 Å². The number of benzene rings is 1. The van der Waals surface area contributed by atoms with Gasteiger partial charge in [-0.15, -0.1) is 0 Å². The van der Waals surface area contributed by atoms with Crippen LogP contribution in [0.2, 0.25) is 0 Å². The Morgan fingerprint density at radius 3 is 2.55 bits per heavy atom. The van der Waals surface area contributed by atoms with Gasteiger partial charge in [-0.3, -0.25) is 4.79 Å². The maximum absolute atomic E-state index is 13.5. The van der Waals surface area contributed by atoms with Crippen molar-refractivity contribution in [2.45, 2.75) is 25.9 Å². The largest absolute Gasteiger partial charge is 0.463 e. The van der Waals surface area contributed by atoms with Gasteiger partial charge < -0.3 is 15.1 Å². The molecule has 0 fully saturated rings. The SMILES string of the molecule is C[C@H]([NH2+][C@@H](C)c1ccco1)C(=O)Nc1ccc(F)c(F)c1F. The van der Waals surface area contributed by atoms with Crippen LogP contribution in [0, 0.1) is 17.5 Å². The van der Waals surface area contributed by atoms with Gasteiger partial charge in [0.05, 0.1) is 12.0 Å². The lowest BCUT2D eigenvalue weighted by Crippen LogP contribution is -2.91. The average Bonchev–Trinajstić information content (AvgIpc) is 3.02. The summed E-state index contributed by atoms with van der Waals surface area (Å²) in [5.41, 5.74) is -0.394. The second-order valence-corrected chi connectivity index (χ2v) is 5.00. The molecule has 1 aromatic heterocycles. The van der Waals surface area contributed by atoms with E-state index in [1.807, 2.05) is 6.92 Å². The number of carbonyl (C=O) groups is 1. The van der Waals surface area contributed by atoms with Crippen molar-refractivity contribution in [2.24, 2.45) is 0 Å². The fraction of sp³-hybridized carbons (Fsp3) is 0.267. The summed E-state index contributed by atoms with van der Waals surface area (Å²) in [6, 6.07) is 4.56. The molecule has 0 saturated carbocycles. The minimum Gasteiger partial charge on any atom is -0.463 e. The van der Waals surface area contributed by atoms with Crippen molar-refractivity contribution in [1.29, 1.82) is 0 Å². The minimum atomic E-state index is -1.61. The third-order valence-electron chi connectivity index (χ3n) is 3.28. The zero-order chi connectivity index (χ0) is 16.3. The Morgan fingerprint density at radius 1 is 1.18 bits per heavy atom. The van der Waals surface area contributed by atoms with E-state index in [2.05, 4.69) is 5.32 Å². The zero-order valence-electron chi connectivity index (χ0n) is 12.1. The molecule has 2 aromatic rings. The highest BCUT2D eigenvalue weighted by atomic mass is 19.2. The van der Waals surface area contributed by atoms with Crippen LogP contribution in [0.5, 0.6) is 0 Å². The number of anilines is 1. The highest BCUT2D eigenvalue weighted by Crippen LogP contribution is 2.19. The number of nitrogens with one attached hydrogen (secondary N) is 1. The first-order valence-corrected chi connectivity index (χ1v) is 6.73. The minimum absolute atomic E-state index is 0.120. The van der Waals surface area contributed by atoms with E-state index in [9.17, 15) is 18.0 Å². The third kappa shape index (κ3) is 3.48. The van der Waals surface area contributed by atoms with Crippen LogP contribution < -0.4 is 10.6 Å². The fourth-order valence-electron chi connectivity index (χ4n) is 2.03. The molecule has 1 aromatic carbocycles. The van der Waals surface area contributed by atoms with Gasteiger partial charge in [0.15, 0.2) is 29.3 Å². The van der Waals surface area contributed by atoms with Gasteiger partial charge in [0.25, 0.3) is 5.91 Å². The van der Waals surface area contributed by atoms with Crippen molar-refractivity contribution in [1.82, 2.24) is 0 Å². The molecule has 0 aliphatic heterocycles. The van der Waals surface area contributed by atoms with E-state index in [1.165, 1.54) is 6.26 Å². The molecule has 0 unspecified atom stereocenters. The second kappa shape index (κ2) is 6.65. The molecular weight excluding hydrogens is 297 g/mol. The Bertz CT molecular complexity index is 659. The van der Waals surface area contributed by atoms with Crippen molar-refractivity contribution in [3.63, 3.8) is 0 Å². The smallest absolute Gasteiger partial charge is 0.282 e. The van der Waals surface area contributed by atoms with E-state index in [0.29, 0.717) is 5.76 Å². The standard InChI is InChI=1S/C15H15F3N2O2/c1-8(12-4-3-7-22-12)19-9(2)15(21)20-11-6-5-10(16)13(17)14(11)18/h3-9,19H,1-2H3,(H,20,21)/p+1/t8-,9-/m0/s1. The second-order valence-electron chi connectivity index (χ2n) is 5.00. The number of nitrogens with two attached hydrogens (primary N) is 1. The van der Waals surface area contributed by atoms with Gasteiger partial charge in [-0.2, -0.15) is 0 Å². The fourth-order valence-corrected chi connectivity index (χ4v) is 2.03. The van der Waals surface area contributed by atoms with Crippen LogP contribution in [-0.4, -0.2) is 11.9 Å². The van der Waals surface area contributed by atoms with E-state index in [1.54, 1.807) is 24.4 Å². The van der Waals surface area contributed by atoms with E-state index >= 15 is 0 Å². The molecule has 3 N–H and O–H groups in total. The van der Waals surface area contributed by atoms with Gasteiger partial charge in [-0.1, -0.05) is 0 Å². The number of halogens is 3. The first-order chi connectivity index (χ1) is 10.4. The molecular formula is C15H16F3N2O2+. The third-order valence-corrected chi connectivity index (χ3v) is 3.28. The van der Waals surface area contributed by atoms with Crippen molar-refractivity contribution in [3.05, 3.63) is 53.7 Å². The summed E-state index contributed by atoms with van der Waals surface area (Å²) in [7, 11) is 0. The zero-order valence-corrected chi connectivity index (χ0v) is 12.1. The quantitative estimate of drug-likeness (QED) is 0.833. The van der Waals surface area contributed by atoms with E-state index < -0.39 is 35.1 Å². The Kier molecular flexibility index (Phi) is 4.87. The highest BCUT2D eigenvalue weighted by Gasteiger charge is 2.23. The molecule has 4 nitrogen and oxygen atoms in total. The Morgan fingerprint density at radius 2 is 1.91 bits per heavy atom. The predicted octanol–water partition coefficient (Wildman–Crippen LogP) is 2.35. The van der Waals surface area contributed by atoms with Crippen LogP contribution in [0.4, 0.5) is 18.9 Å². The van der Waals surface area contributed by atoms with Crippen molar-refractivity contribution in [3.8, 4) is 0 Å². The van der Waals surface area contributed by atoms with Crippen LogP contribution in [0.3, 0.4) is 0 Å². The summed E-state index contributed by atoms with van der Waals surface area (Å²) >= 11 is 0. The molecule has 0 radical (unpaired) electrons. The molecule has 2 atom stereocenters. The molecule has 22 heavy (non-hydrogen) atoms. The van der Waals surface area contributed by atoms with Crippen LogP contribution in [-0.2, 0) is 4.79 Å². The Labute approximate surface area is 125 Å². The van der Waals surface area contributed by atoms with Crippen LogP contribution in [0.15, 0.2) is 34.9 Å². The Hall–Kier alpha value is -2.28. The summed E-state index contributed by atoms with van der Waals surface area (Å²) in [6.07, 6.45) is 1.53. The monoisotopic (exact) mass is 313 g/mol. The summed E-state index contributed by atoms with van der Waals surface area (Å²) in [5.74, 6) is -4.17. The maximum atomic E-state index is 13.5. The van der Waals surface area contributed by atoms with Gasteiger partial charge in [0.2, 0.25) is 0 Å². The molecule has 118 valence electrons. The van der Waals surface area contributed by atoms with Gasteiger partial charge in [-0.25, -0.2) is 13.2 Å². The lowest BCUT2D eigenvalue weighted by atomic mass is 10.2. The van der Waals surface area contributed by atoms with Gasteiger partial charge in [0.1, 0.15) is 6.04 Å². The molecule has 7 heteroatoms. The predicted molar refractivity (Wildman–Crippen MR) is 73.5 cm³/mol. The Balaban J connectivity index is 2.01. The van der Waals surface area contributed by atoms with Crippen molar-refractivity contribution in [2.75, 3.05) is 5.32 Å².